The van der Waals surface area contributed by atoms with Crippen molar-refractivity contribution in [3.63, 3.8) is 0 Å². The van der Waals surface area contributed by atoms with Gasteiger partial charge >= 0.3 is 6.18 Å². The first-order valence-electron chi connectivity index (χ1n) is 6.25. The smallest absolute Gasteiger partial charge is 0.379 e. The van der Waals surface area contributed by atoms with E-state index in [1.54, 1.807) is 0 Å². The number of halogens is 3. The van der Waals surface area contributed by atoms with E-state index in [1.807, 2.05) is 0 Å². The number of hydrogen-bond donors (Lipinski definition) is 1. The highest BCUT2D eigenvalue weighted by molar-refractivity contribution is 7.90. The van der Waals surface area contributed by atoms with Crippen LogP contribution in [0.2, 0.25) is 0 Å². The fourth-order valence-corrected chi connectivity index (χ4v) is 3.22. The number of rotatable bonds is 5. The van der Waals surface area contributed by atoms with Gasteiger partial charge in [-0.25, -0.2) is 13.1 Å². The highest BCUT2D eigenvalue weighted by atomic mass is 32.2. The van der Waals surface area contributed by atoms with Gasteiger partial charge in [0.15, 0.2) is 0 Å². The van der Waals surface area contributed by atoms with Crippen molar-refractivity contribution in [1.29, 1.82) is 0 Å². The van der Waals surface area contributed by atoms with Crippen molar-refractivity contribution in [2.45, 2.75) is 17.5 Å². The average molecular weight is 318 g/mol. The Morgan fingerprint density at radius 3 is 2.25 bits per heavy atom. The molecule has 0 radical (unpaired) electrons. The number of nitrogens with zero attached hydrogens (tertiary/aromatic N) is 1. The molecule has 2 heterocycles. The van der Waals surface area contributed by atoms with E-state index in [1.165, 1.54) is 4.90 Å². The zero-order valence-corrected chi connectivity index (χ0v) is 11.5. The summed E-state index contributed by atoms with van der Waals surface area (Å²) in [7, 11) is -3.75. The van der Waals surface area contributed by atoms with Gasteiger partial charge in [-0.2, -0.15) is 13.2 Å². The molecule has 0 spiro atoms. The van der Waals surface area contributed by atoms with Gasteiger partial charge in [0.25, 0.3) is 0 Å². The molecule has 118 valence electrons. The van der Waals surface area contributed by atoms with Crippen LogP contribution in [-0.4, -0.2) is 76.8 Å². The summed E-state index contributed by atoms with van der Waals surface area (Å²) in [5.74, 6) is 0. The summed E-state index contributed by atoms with van der Waals surface area (Å²) in [4.78, 5) is 1.20. The van der Waals surface area contributed by atoms with Gasteiger partial charge in [0.2, 0.25) is 10.0 Å². The van der Waals surface area contributed by atoms with Crippen molar-refractivity contribution in [2.75, 3.05) is 46.1 Å². The zero-order chi connectivity index (χ0) is 14.8. The Morgan fingerprint density at radius 1 is 1.20 bits per heavy atom. The lowest BCUT2D eigenvalue weighted by molar-refractivity contribution is -0.189. The molecule has 0 aliphatic carbocycles. The van der Waals surface area contributed by atoms with Crippen molar-refractivity contribution in [3.8, 4) is 0 Å². The van der Waals surface area contributed by atoms with E-state index in [4.69, 9.17) is 9.47 Å². The van der Waals surface area contributed by atoms with Gasteiger partial charge in [-0.1, -0.05) is 0 Å². The lowest BCUT2D eigenvalue weighted by atomic mass is 10.2. The van der Waals surface area contributed by atoms with Gasteiger partial charge in [0.05, 0.1) is 26.4 Å². The second-order valence-corrected chi connectivity index (χ2v) is 6.80. The second-order valence-electron chi connectivity index (χ2n) is 4.76. The summed E-state index contributed by atoms with van der Waals surface area (Å²) >= 11 is 0. The van der Waals surface area contributed by atoms with E-state index >= 15 is 0 Å². The highest BCUT2D eigenvalue weighted by Crippen LogP contribution is 2.25. The molecule has 0 bridgehead atoms. The molecule has 0 aromatic heterocycles. The lowest BCUT2D eigenvalue weighted by Crippen LogP contribution is -2.57. The van der Waals surface area contributed by atoms with Crippen molar-refractivity contribution in [1.82, 2.24) is 9.62 Å². The predicted octanol–water partition coefficient (Wildman–Crippen LogP) is -0.432. The number of alkyl halides is 3. The molecule has 2 fully saturated rings. The maximum atomic E-state index is 13.0. The predicted molar refractivity (Wildman–Crippen MR) is 63.8 cm³/mol. The Labute approximate surface area is 115 Å². The van der Waals surface area contributed by atoms with Crippen LogP contribution in [0.5, 0.6) is 0 Å². The second kappa shape index (κ2) is 6.14. The molecule has 2 aliphatic heterocycles. The van der Waals surface area contributed by atoms with Crippen LogP contribution in [0.1, 0.15) is 0 Å². The summed E-state index contributed by atoms with van der Waals surface area (Å²) in [5.41, 5.74) is 0. The summed E-state index contributed by atoms with van der Waals surface area (Å²) in [6.07, 6.45) is -4.49. The van der Waals surface area contributed by atoms with Crippen molar-refractivity contribution < 1.29 is 31.1 Å². The molecule has 2 aliphatic rings. The third kappa shape index (κ3) is 3.82. The third-order valence-corrected chi connectivity index (χ3v) is 5.11. The topological polar surface area (TPSA) is 67.9 Å². The molecule has 0 aromatic rings. The van der Waals surface area contributed by atoms with Crippen molar-refractivity contribution in [3.05, 3.63) is 0 Å². The Hall–Kier alpha value is -0.420. The first-order chi connectivity index (χ1) is 9.31. The molecule has 10 heteroatoms. The molecule has 0 amide bonds. The maximum absolute atomic E-state index is 13.0. The summed E-state index contributed by atoms with van der Waals surface area (Å²) < 4.78 is 74.4. The van der Waals surface area contributed by atoms with Crippen LogP contribution in [0.25, 0.3) is 0 Å². The van der Waals surface area contributed by atoms with Crippen molar-refractivity contribution in [2.24, 2.45) is 0 Å². The monoisotopic (exact) mass is 318 g/mol. The first-order valence-corrected chi connectivity index (χ1v) is 7.80. The van der Waals surface area contributed by atoms with Gasteiger partial charge in [0.1, 0.15) is 11.3 Å². The highest BCUT2D eigenvalue weighted by Gasteiger charge is 2.45. The van der Waals surface area contributed by atoms with E-state index in [2.05, 4.69) is 4.72 Å². The molecular weight excluding hydrogens is 301 g/mol. The standard InChI is InChI=1S/C10H17F3N2O4S/c11-10(12,13)9(15-1-3-18-4-2-15)5-14-20(16,17)8-6-19-7-8/h8-9,14H,1-7H2. The van der Waals surface area contributed by atoms with Gasteiger partial charge in [-0.05, 0) is 0 Å². The summed E-state index contributed by atoms with van der Waals surface area (Å²) in [6, 6.07) is -1.83. The largest absolute Gasteiger partial charge is 0.405 e. The molecule has 1 N–H and O–H groups in total. The first kappa shape index (κ1) is 16.0. The number of morpholine rings is 1. The number of sulfonamides is 1. The molecule has 0 aromatic carbocycles. The molecule has 1 atom stereocenters. The molecule has 20 heavy (non-hydrogen) atoms. The van der Waals surface area contributed by atoms with Crippen molar-refractivity contribution >= 4 is 10.0 Å². The van der Waals surface area contributed by atoms with E-state index in [-0.39, 0.29) is 39.5 Å². The fourth-order valence-electron chi connectivity index (χ4n) is 2.05. The van der Waals surface area contributed by atoms with Gasteiger partial charge in [-0.15, -0.1) is 0 Å². The van der Waals surface area contributed by atoms with E-state index in [9.17, 15) is 21.6 Å². The lowest BCUT2D eigenvalue weighted by Gasteiger charge is -2.36. The minimum absolute atomic E-state index is 0.0313. The van der Waals surface area contributed by atoms with Crippen LogP contribution < -0.4 is 4.72 Å². The summed E-state index contributed by atoms with van der Waals surface area (Å²) in [6.45, 7) is 0.0952. The van der Waals surface area contributed by atoms with Crippen LogP contribution >= 0.6 is 0 Å². The normalized spacial score (nSPS) is 24.4. The zero-order valence-electron chi connectivity index (χ0n) is 10.7. The molecular formula is C10H17F3N2O4S. The molecule has 0 saturated carbocycles. The minimum Gasteiger partial charge on any atom is -0.379 e. The van der Waals surface area contributed by atoms with Gasteiger partial charge in [-0.3, -0.25) is 4.90 Å². The minimum atomic E-state index is -4.49. The van der Waals surface area contributed by atoms with E-state index in [0.717, 1.165) is 0 Å². The Morgan fingerprint density at radius 2 is 1.80 bits per heavy atom. The quantitative estimate of drug-likeness (QED) is 0.745. The van der Waals surface area contributed by atoms with Crippen LogP contribution in [0.15, 0.2) is 0 Å². The number of hydrogen-bond acceptors (Lipinski definition) is 5. The average Bonchev–Trinajstić information content (AvgIpc) is 2.25. The molecule has 6 nitrogen and oxygen atoms in total. The SMILES string of the molecule is O=S(=O)(NCC(N1CCOCC1)C(F)(F)F)C1COC1. The van der Waals surface area contributed by atoms with Crippen LogP contribution in [0, 0.1) is 0 Å². The molecule has 2 rings (SSSR count). The fraction of sp³-hybridized carbons (Fsp3) is 1.00. The molecule has 1 unspecified atom stereocenters. The maximum Gasteiger partial charge on any atom is 0.405 e. The molecule has 2 saturated heterocycles. The third-order valence-electron chi connectivity index (χ3n) is 3.39. The number of ether oxygens (including phenoxy) is 2. The van der Waals surface area contributed by atoms with E-state index in [0.29, 0.717) is 0 Å². The van der Waals surface area contributed by atoms with E-state index < -0.39 is 34.0 Å². The van der Waals surface area contributed by atoms with Gasteiger partial charge in [0, 0.05) is 19.6 Å². The Bertz CT molecular complexity index is 419. The van der Waals surface area contributed by atoms with Crippen LogP contribution in [-0.2, 0) is 19.5 Å². The Kier molecular flexibility index (Phi) is 4.90. The van der Waals surface area contributed by atoms with Crippen LogP contribution in [0.4, 0.5) is 13.2 Å². The number of nitrogens with one attached hydrogen (secondary N) is 1. The van der Waals surface area contributed by atoms with Gasteiger partial charge < -0.3 is 9.47 Å². The summed E-state index contributed by atoms with van der Waals surface area (Å²) in [5, 5.41) is -0.749. The Balaban J connectivity index is 1.97. The van der Waals surface area contributed by atoms with Crippen LogP contribution in [0.3, 0.4) is 0 Å².